The Labute approximate surface area is 179 Å². The highest BCUT2D eigenvalue weighted by Gasteiger charge is 2.32. The van der Waals surface area contributed by atoms with Crippen LogP contribution in [0, 0.1) is 13.8 Å². The van der Waals surface area contributed by atoms with Gasteiger partial charge in [0, 0.05) is 11.8 Å². The van der Waals surface area contributed by atoms with E-state index in [0.717, 1.165) is 33.8 Å². The number of thioether (sulfide) groups is 1. The van der Waals surface area contributed by atoms with E-state index in [0.29, 0.717) is 16.6 Å². The average molecular weight is 420 g/mol. The van der Waals surface area contributed by atoms with E-state index in [-0.39, 0.29) is 5.91 Å². The molecule has 0 saturated carbocycles. The van der Waals surface area contributed by atoms with Gasteiger partial charge >= 0.3 is 0 Å². The molecule has 6 nitrogen and oxygen atoms in total. The van der Waals surface area contributed by atoms with Gasteiger partial charge in [-0.25, -0.2) is 4.99 Å². The number of hydrogen-bond acceptors (Lipinski definition) is 6. The number of rotatable bonds is 5. The molecule has 3 aromatic rings. The van der Waals surface area contributed by atoms with Crippen molar-refractivity contribution in [2.45, 2.75) is 19.6 Å². The molecule has 1 aromatic heterocycles. The van der Waals surface area contributed by atoms with Crippen LogP contribution >= 0.6 is 11.8 Å². The highest BCUT2D eigenvalue weighted by Crippen LogP contribution is 2.32. The van der Waals surface area contributed by atoms with E-state index in [1.807, 2.05) is 50.2 Å². The molecule has 2 aromatic carbocycles. The lowest BCUT2D eigenvalue weighted by atomic mass is 10.1. The second-order valence-electron chi connectivity index (χ2n) is 6.96. The van der Waals surface area contributed by atoms with Crippen LogP contribution < -0.4 is 9.64 Å². The molecule has 7 heteroatoms. The Hall–Kier alpha value is -3.32. The van der Waals surface area contributed by atoms with Crippen molar-refractivity contribution in [1.82, 2.24) is 5.16 Å². The zero-order valence-corrected chi connectivity index (χ0v) is 17.8. The molecule has 1 aliphatic rings. The third kappa shape index (κ3) is 4.31. The van der Waals surface area contributed by atoms with Gasteiger partial charge in [-0.15, -0.1) is 0 Å². The maximum atomic E-state index is 13.3. The number of methoxy groups -OCH3 is 1. The van der Waals surface area contributed by atoms with Gasteiger partial charge in [-0.3, -0.25) is 9.69 Å². The topological polar surface area (TPSA) is 67.9 Å². The number of carbonyl (C=O) groups excluding carboxylic acids is 1. The largest absolute Gasteiger partial charge is 0.497 e. The van der Waals surface area contributed by atoms with Gasteiger partial charge in [-0.05, 0) is 60.9 Å². The molecular weight excluding hydrogens is 398 g/mol. The van der Waals surface area contributed by atoms with E-state index in [1.54, 1.807) is 24.2 Å². The molecule has 1 amide bonds. The van der Waals surface area contributed by atoms with Crippen LogP contribution in [0.2, 0.25) is 0 Å². The first-order chi connectivity index (χ1) is 14.5. The summed E-state index contributed by atoms with van der Waals surface area (Å²) in [5, 5.41) is 4.56. The van der Waals surface area contributed by atoms with Crippen LogP contribution in [0.5, 0.6) is 5.75 Å². The van der Waals surface area contributed by atoms with Crippen molar-refractivity contribution in [3.8, 4) is 5.75 Å². The number of anilines is 1. The van der Waals surface area contributed by atoms with Crippen molar-refractivity contribution < 1.29 is 14.1 Å². The number of amides is 1. The lowest BCUT2D eigenvalue weighted by molar-refractivity contribution is -0.113. The zero-order valence-electron chi connectivity index (χ0n) is 17.0. The molecule has 0 atom stereocenters. The molecule has 0 aliphatic carbocycles. The molecule has 0 fully saturated rings. The first kappa shape index (κ1) is 20.0. The van der Waals surface area contributed by atoms with Crippen molar-refractivity contribution in [3.63, 3.8) is 0 Å². The van der Waals surface area contributed by atoms with Gasteiger partial charge in [0.25, 0.3) is 5.91 Å². The van der Waals surface area contributed by atoms with Crippen LogP contribution in [0.1, 0.15) is 22.4 Å². The van der Waals surface area contributed by atoms with Gasteiger partial charge in [0.05, 0.1) is 18.5 Å². The normalized spacial score (nSPS) is 15.0. The fourth-order valence-corrected chi connectivity index (χ4v) is 4.12. The Kier molecular flexibility index (Phi) is 5.72. The Morgan fingerprint density at radius 3 is 2.47 bits per heavy atom. The van der Waals surface area contributed by atoms with Gasteiger partial charge in [0.1, 0.15) is 17.7 Å². The predicted molar refractivity (Wildman–Crippen MR) is 120 cm³/mol. The number of carbonyl (C=O) groups is 1. The molecule has 0 unspecified atom stereocenters. The van der Waals surface area contributed by atoms with E-state index < -0.39 is 0 Å². The number of aliphatic imine (C=N–C) groups is 1. The summed E-state index contributed by atoms with van der Waals surface area (Å²) < 4.78 is 10.1. The Morgan fingerprint density at radius 2 is 1.83 bits per heavy atom. The first-order valence-corrected chi connectivity index (χ1v) is 10.4. The van der Waals surface area contributed by atoms with Crippen LogP contribution in [-0.4, -0.2) is 23.3 Å². The highest BCUT2D eigenvalue weighted by molar-refractivity contribution is 8.13. The van der Waals surface area contributed by atoms with Crippen molar-refractivity contribution in [1.29, 1.82) is 0 Å². The van der Waals surface area contributed by atoms with Gasteiger partial charge in [0.2, 0.25) is 0 Å². The molecule has 4 rings (SSSR count). The van der Waals surface area contributed by atoms with E-state index in [2.05, 4.69) is 16.2 Å². The van der Waals surface area contributed by atoms with Crippen LogP contribution in [-0.2, 0) is 10.5 Å². The van der Waals surface area contributed by atoms with Crippen LogP contribution in [0.3, 0.4) is 0 Å². The number of amidine groups is 1. The van der Waals surface area contributed by atoms with Crippen molar-refractivity contribution >= 4 is 34.6 Å². The van der Waals surface area contributed by atoms with Gasteiger partial charge in [0.15, 0.2) is 5.17 Å². The Balaban J connectivity index is 1.68. The molecule has 0 N–H and O–H groups in total. The summed E-state index contributed by atoms with van der Waals surface area (Å²) >= 11 is 1.45. The maximum Gasteiger partial charge on any atom is 0.283 e. The molecule has 2 heterocycles. The summed E-state index contributed by atoms with van der Waals surface area (Å²) in [6.07, 6.45) is 3.33. The van der Waals surface area contributed by atoms with E-state index >= 15 is 0 Å². The van der Waals surface area contributed by atoms with Crippen LogP contribution in [0.15, 0.2) is 70.0 Å². The van der Waals surface area contributed by atoms with Gasteiger partial charge < -0.3 is 9.26 Å². The number of ether oxygens (including phenoxy) is 1. The third-order valence-electron chi connectivity index (χ3n) is 4.55. The molecule has 0 spiro atoms. The minimum atomic E-state index is -0.154. The number of benzene rings is 2. The van der Waals surface area contributed by atoms with Crippen molar-refractivity contribution in [3.05, 3.63) is 82.9 Å². The number of nitrogens with zero attached hydrogens (tertiary/aromatic N) is 3. The molecule has 152 valence electrons. The molecular formula is C23H21N3O3S. The first-order valence-electron chi connectivity index (χ1n) is 9.43. The van der Waals surface area contributed by atoms with Gasteiger partial charge in [-0.1, -0.05) is 35.1 Å². The second kappa shape index (κ2) is 8.59. The van der Waals surface area contributed by atoms with Gasteiger partial charge in [-0.2, -0.15) is 0 Å². The fourth-order valence-electron chi connectivity index (χ4n) is 3.21. The molecule has 0 saturated heterocycles. The summed E-state index contributed by atoms with van der Waals surface area (Å²) in [5.41, 5.74) is 5.05. The summed E-state index contributed by atoms with van der Waals surface area (Å²) in [5.74, 6) is 1.16. The van der Waals surface area contributed by atoms with Crippen molar-refractivity contribution in [2.24, 2.45) is 4.99 Å². The van der Waals surface area contributed by atoms with E-state index in [9.17, 15) is 4.79 Å². The molecule has 0 radical (unpaired) electrons. The standard InChI is InChI=1S/C23H21N3O3S/c1-15-10-16(2)12-19(11-15)26-22(27)21(13-17-4-6-20(28-3)7-5-17)24-23(26)30-14-18-8-9-29-25-18/h4-13H,14H2,1-3H3/b21-13-. The lowest BCUT2D eigenvalue weighted by Crippen LogP contribution is -2.30. The minimum absolute atomic E-state index is 0.154. The van der Waals surface area contributed by atoms with E-state index in [1.165, 1.54) is 18.0 Å². The SMILES string of the molecule is COc1ccc(/C=C2\N=C(SCc3ccon3)N(c3cc(C)cc(C)c3)C2=O)cc1. The van der Waals surface area contributed by atoms with Crippen LogP contribution in [0.25, 0.3) is 6.08 Å². The number of hydrogen-bond donors (Lipinski definition) is 0. The Morgan fingerprint density at radius 1 is 1.10 bits per heavy atom. The summed E-state index contributed by atoms with van der Waals surface area (Å²) in [4.78, 5) is 19.6. The Bertz CT molecular complexity index is 1100. The summed E-state index contributed by atoms with van der Waals surface area (Å²) in [7, 11) is 1.62. The maximum absolute atomic E-state index is 13.3. The van der Waals surface area contributed by atoms with Crippen LogP contribution in [0.4, 0.5) is 5.69 Å². The minimum Gasteiger partial charge on any atom is -0.497 e. The molecule has 0 bridgehead atoms. The van der Waals surface area contributed by atoms with E-state index in [4.69, 9.17) is 9.26 Å². The average Bonchev–Trinajstić information content (AvgIpc) is 3.34. The second-order valence-corrected chi connectivity index (χ2v) is 7.91. The third-order valence-corrected chi connectivity index (χ3v) is 5.53. The quantitative estimate of drug-likeness (QED) is 0.546. The fraction of sp³-hybridized carbons (Fsp3) is 0.174. The number of aromatic nitrogens is 1. The summed E-state index contributed by atoms with van der Waals surface area (Å²) in [6.45, 7) is 4.04. The smallest absolute Gasteiger partial charge is 0.283 e. The highest BCUT2D eigenvalue weighted by atomic mass is 32.2. The summed E-state index contributed by atoms with van der Waals surface area (Å²) in [6, 6.07) is 15.4. The lowest BCUT2D eigenvalue weighted by Gasteiger charge is -2.18. The van der Waals surface area contributed by atoms with Crippen molar-refractivity contribution in [2.75, 3.05) is 12.0 Å². The predicted octanol–water partition coefficient (Wildman–Crippen LogP) is 4.98. The zero-order chi connectivity index (χ0) is 21.1. The molecule has 1 aliphatic heterocycles. The number of aryl methyl sites for hydroxylation is 2. The monoisotopic (exact) mass is 419 g/mol. The molecule has 30 heavy (non-hydrogen) atoms.